The zero-order valence-corrected chi connectivity index (χ0v) is 17.2. The van der Waals surface area contributed by atoms with E-state index in [4.69, 9.17) is 4.74 Å². The number of piperidine rings is 1. The number of hydrogen-bond acceptors (Lipinski definition) is 7. The van der Waals surface area contributed by atoms with E-state index in [1.165, 1.54) is 11.8 Å². The fourth-order valence-electron chi connectivity index (χ4n) is 3.18. The predicted molar refractivity (Wildman–Crippen MR) is 105 cm³/mol. The highest BCUT2D eigenvalue weighted by Gasteiger charge is 2.22. The number of nitrogens with zero attached hydrogens (tertiary/aromatic N) is 5. The maximum Gasteiger partial charge on any atom is 0.316 e. The van der Waals surface area contributed by atoms with Crippen molar-refractivity contribution >= 4 is 23.6 Å². The van der Waals surface area contributed by atoms with E-state index in [1.807, 2.05) is 32.0 Å². The molecule has 1 aliphatic heterocycles. The number of esters is 1. The van der Waals surface area contributed by atoms with Crippen LogP contribution in [0.1, 0.15) is 30.9 Å². The molecule has 0 aliphatic carbocycles. The van der Waals surface area contributed by atoms with E-state index >= 15 is 0 Å². The lowest BCUT2D eigenvalue weighted by Gasteiger charge is -2.30. The summed E-state index contributed by atoms with van der Waals surface area (Å²) < 4.78 is 6.76. The number of carbonyl (C=O) groups excluding carboxylic acids is 2. The molecule has 1 atom stereocenters. The summed E-state index contributed by atoms with van der Waals surface area (Å²) in [6.07, 6.45) is 2.13. The molecular weight excluding hydrogens is 378 g/mol. The summed E-state index contributed by atoms with van der Waals surface area (Å²) in [6, 6.07) is 6.02. The van der Waals surface area contributed by atoms with Crippen LogP contribution >= 0.6 is 11.8 Å². The summed E-state index contributed by atoms with van der Waals surface area (Å²) in [5.41, 5.74) is 3.00. The molecule has 2 heterocycles. The standard InChI is InChI=1S/C19H25N5O3S/c1-13-6-7-15(3)16(9-13)24-19(20-21-22-24)28-12-18(26)27-11-17(25)23-8-4-5-14(2)10-23/h6-7,9,14H,4-5,8,10-12H2,1-3H3/t14-/m1/s1. The number of hydrogen-bond donors (Lipinski definition) is 0. The fourth-order valence-corrected chi connectivity index (χ4v) is 3.86. The van der Waals surface area contributed by atoms with Crippen molar-refractivity contribution in [3.63, 3.8) is 0 Å². The Hall–Kier alpha value is -2.42. The van der Waals surface area contributed by atoms with Crippen molar-refractivity contribution < 1.29 is 14.3 Å². The van der Waals surface area contributed by atoms with Gasteiger partial charge in [0.25, 0.3) is 5.91 Å². The van der Waals surface area contributed by atoms with Crippen molar-refractivity contribution in [2.24, 2.45) is 5.92 Å². The van der Waals surface area contributed by atoms with Gasteiger partial charge in [-0.05, 0) is 60.2 Å². The van der Waals surface area contributed by atoms with Gasteiger partial charge in [0.05, 0.1) is 11.4 Å². The van der Waals surface area contributed by atoms with Gasteiger partial charge in [0.1, 0.15) is 0 Å². The van der Waals surface area contributed by atoms with Crippen LogP contribution < -0.4 is 0 Å². The van der Waals surface area contributed by atoms with Gasteiger partial charge in [-0.25, -0.2) is 0 Å². The molecule has 0 radical (unpaired) electrons. The Kier molecular flexibility index (Phi) is 6.66. The molecule has 0 N–H and O–H groups in total. The van der Waals surface area contributed by atoms with Gasteiger partial charge in [0, 0.05) is 13.1 Å². The molecule has 1 fully saturated rings. The monoisotopic (exact) mass is 403 g/mol. The SMILES string of the molecule is Cc1ccc(C)c(-n2nnnc2SCC(=O)OCC(=O)N2CCC[C@@H](C)C2)c1. The lowest BCUT2D eigenvalue weighted by atomic mass is 10.0. The Morgan fingerprint density at radius 2 is 2.14 bits per heavy atom. The summed E-state index contributed by atoms with van der Waals surface area (Å²) >= 11 is 1.19. The van der Waals surface area contributed by atoms with Gasteiger partial charge in [-0.2, -0.15) is 4.68 Å². The highest BCUT2D eigenvalue weighted by atomic mass is 32.2. The van der Waals surface area contributed by atoms with E-state index in [2.05, 4.69) is 22.4 Å². The topological polar surface area (TPSA) is 90.2 Å². The number of carbonyl (C=O) groups is 2. The van der Waals surface area contributed by atoms with Gasteiger partial charge in [-0.3, -0.25) is 9.59 Å². The van der Waals surface area contributed by atoms with E-state index in [0.29, 0.717) is 11.1 Å². The van der Waals surface area contributed by atoms with Crippen molar-refractivity contribution in [1.82, 2.24) is 25.1 Å². The molecule has 2 aromatic rings. The lowest BCUT2D eigenvalue weighted by molar-refractivity contribution is -0.150. The maximum atomic E-state index is 12.2. The quantitative estimate of drug-likeness (QED) is 0.539. The van der Waals surface area contributed by atoms with E-state index in [-0.39, 0.29) is 18.3 Å². The Morgan fingerprint density at radius 1 is 1.32 bits per heavy atom. The average molecular weight is 404 g/mol. The zero-order valence-electron chi connectivity index (χ0n) is 16.4. The Bertz CT molecular complexity index is 854. The van der Waals surface area contributed by atoms with Gasteiger partial charge in [-0.1, -0.05) is 30.8 Å². The van der Waals surface area contributed by atoms with Crippen molar-refractivity contribution in [2.45, 2.75) is 38.8 Å². The zero-order chi connectivity index (χ0) is 20.1. The highest BCUT2D eigenvalue weighted by Crippen LogP contribution is 2.22. The number of aromatic nitrogens is 4. The van der Waals surface area contributed by atoms with Gasteiger partial charge >= 0.3 is 5.97 Å². The van der Waals surface area contributed by atoms with E-state index in [9.17, 15) is 9.59 Å². The van der Waals surface area contributed by atoms with Gasteiger partial charge in [-0.15, -0.1) is 5.10 Å². The second-order valence-electron chi connectivity index (χ2n) is 7.20. The molecule has 1 saturated heterocycles. The van der Waals surface area contributed by atoms with Crippen LogP contribution in [-0.2, 0) is 14.3 Å². The van der Waals surface area contributed by atoms with Crippen LogP contribution in [0.4, 0.5) is 0 Å². The molecule has 0 unspecified atom stereocenters. The second-order valence-corrected chi connectivity index (χ2v) is 8.14. The molecule has 1 aliphatic rings. The number of likely N-dealkylation sites (tertiary alicyclic amines) is 1. The molecule has 1 aromatic carbocycles. The van der Waals surface area contributed by atoms with Crippen molar-refractivity contribution in [2.75, 3.05) is 25.4 Å². The van der Waals surface area contributed by atoms with E-state index in [0.717, 1.165) is 42.7 Å². The van der Waals surface area contributed by atoms with Crippen LogP contribution in [0.25, 0.3) is 5.69 Å². The first-order valence-electron chi connectivity index (χ1n) is 9.36. The minimum absolute atomic E-state index is 0.0366. The van der Waals surface area contributed by atoms with Crippen LogP contribution in [0.5, 0.6) is 0 Å². The number of benzene rings is 1. The molecule has 3 rings (SSSR count). The van der Waals surface area contributed by atoms with Crippen LogP contribution in [-0.4, -0.2) is 62.4 Å². The van der Waals surface area contributed by atoms with Crippen molar-refractivity contribution in [3.05, 3.63) is 29.3 Å². The van der Waals surface area contributed by atoms with Crippen LogP contribution in [0, 0.1) is 19.8 Å². The van der Waals surface area contributed by atoms with E-state index < -0.39 is 5.97 Å². The Morgan fingerprint density at radius 3 is 2.93 bits per heavy atom. The molecule has 0 spiro atoms. The van der Waals surface area contributed by atoms with Gasteiger partial charge in [0.2, 0.25) is 5.16 Å². The van der Waals surface area contributed by atoms with Crippen LogP contribution in [0.2, 0.25) is 0 Å². The lowest BCUT2D eigenvalue weighted by Crippen LogP contribution is -2.41. The second kappa shape index (κ2) is 9.18. The van der Waals surface area contributed by atoms with Crippen molar-refractivity contribution in [1.29, 1.82) is 0 Å². The number of ether oxygens (including phenoxy) is 1. The first kappa shape index (κ1) is 20.3. The number of amides is 1. The summed E-state index contributed by atoms with van der Waals surface area (Å²) in [7, 11) is 0. The molecular formula is C19H25N5O3S. The third-order valence-corrected chi connectivity index (χ3v) is 5.61. The molecule has 9 heteroatoms. The first-order valence-corrected chi connectivity index (χ1v) is 10.3. The summed E-state index contributed by atoms with van der Waals surface area (Å²) in [5, 5.41) is 12.2. The number of rotatable bonds is 6. The summed E-state index contributed by atoms with van der Waals surface area (Å²) in [6.45, 7) is 7.36. The summed E-state index contributed by atoms with van der Waals surface area (Å²) in [5.74, 6) is -0.0634. The Labute approximate surface area is 168 Å². The normalized spacial score (nSPS) is 16.8. The molecule has 1 amide bonds. The molecule has 8 nitrogen and oxygen atoms in total. The minimum atomic E-state index is -0.459. The third-order valence-electron chi connectivity index (χ3n) is 4.72. The van der Waals surface area contributed by atoms with Crippen LogP contribution in [0.15, 0.2) is 23.4 Å². The minimum Gasteiger partial charge on any atom is -0.455 e. The molecule has 28 heavy (non-hydrogen) atoms. The highest BCUT2D eigenvalue weighted by molar-refractivity contribution is 7.99. The average Bonchev–Trinajstić information content (AvgIpc) is 3.14. The smallest absolute Gasteiger partial charge is 0.316 e. The number of thioether (sulfide) groups is 1. The fraction of sp³-hybridized carbons (Fsp3) is 0.526. The van der Waals surface area contributed by atoms with Crippen molar-refractivity contribution in [3.8, 4) is 5.69 Å². The third kappa shape index (κ3) is 5.09. The molecule has 1 aromatic heterocycles. The molecule has 0 saturated carbocycles. The number of aryl methyl sites for hydroxylation is 2. The molecule has 150 valence electrons. The first-order chi connectivity index (χ1) is 13.4. The molecule has 0 bridgehead atoms. The number of tetrazole rings is 1. The largest absolute Gasteiger partial charge is 0.455 e. The van der Waals surface area contributed by atoms with Gasteiger partial charge in [0.15, 0.2) is 6.61 Å². The van der Waals surface area contributed by atoms with Crippen LogP contribution in [0.3, 0.4) is 0 Å². The predicted octanol–water partition coefficient (Wildman–Crippen LogP) is 2.17. The van der Waals surface area contributed by atoms with E-state index in [1.54, 1.807) is 9.58 Å². The summed E-state index contributed by atoms with van der Waals surface area (Å²) in [4.78, 5) is 26.0. The Balaban J connectivity index is 1.52. The maximum absolute atomic E-state index is 12.2. The van der Waals surface area contributed by atoms with Gasteiger partial charge < -0.3 is 9.64 Å².